The molecule has 0 fully saturated rings. The maximum Gasteiger partial charge on any atom is 0.328 e. The Balaban J connectivity index is 1.84. The van der Waals surface area contributed by atoms with E-state index in [2.05, 4.69) is 10.6 Å². The summed E-state index contributed by atoms with van der Waals surface area (Å²) < 4.78 is 11.2. The number of carbonyl (C=O) groups is 3. The SMILES string of the molecule is COC1C=CC=CC=CCC(OC(=O)[C@H](C)NC(=O)c2ccccc2)C(C)C(O)C(C)=CCCc2cc(O)cc(c2O)NC(=O)C1. The van der Waals surface area contributed by atoms with Gasteiger partial charge in [-0.3, -0.25) is 9.59 Å². The van der Waals surface area contributed by atoms with Crippen LogP contribution in [0, 0.1) is 5.92 Å². The molecule has 0 aliphatic carbocycles. The summed E-state index contributed by atoms with van der Waals surface area (Å²) in [6, 6.07) is 10.3. The average molecular weight is 633 g/mol. The Hall–Kier alpha value is -4.67. The number of hydrogen-bond acceptors (Lipinski definition) is 8. The first-order valence-electron chi connectivity index (χ1n) is 15.3. The molecule has 0 aromatic heterocycles. The zero-order valence-corrected chi connectivity index (χ0v) is 26.7. The van der Waals surface area contributed by atoms with Crippen molar-refractivity contribution in [1.29, 1.82) is 0 Å². The van der Waals surface area contributed by atoms with Gasteiger partial charge in [-0.25, -0.2) is 4.79 Å². The van der Waals surface area contributed by atoms with Gasteiger partial charge in [0.2, 0.25) is 5.91 Å². The molecule has 2 amide bonds. The smallest absolute Gasteiger partial charge is 0.328 e. The number of anilines is 1. The standard InChI is InChI=1S/C36H44N2O8/c1-23-14-13-17-27-20-28(39)21-30(34(27)42)38-32(40)22-29(45-4)18-11-6-5-7-12-19-31(24(2)33(23)41)46-36(44)25(3)37-35(43)26-15-9-8-10-16-26/h5-12,14-16,18,20-21,24-25,29,31,33,39,41-42H,13,17,19,22H2,1-4H3,(H,37,43)(H,38,40)/t24?,25-,29?,31?,33?/m0/s1. The van der Waals surface area contributed by atoms with E-state index < -0.39 is 48.1 Å². The van der Waals surface area contributed by atoms with Crippen LogP contribution in [0.15, 0.2) is 90.6 Å². The minimum Gasteiger partial charge on any atom is -0.508 e. The number of rotatable bonds is 5. The number of methoxy groups -OCH3 is 1. The normalized spacial score (nSPS) is 22.1. The van der Waals surface area contributed by atoms with Crippen LogP contribution in [0.3, 0.4) is 0 Å². The Labute approximate surface area is 270 Å². The molecule has 10 heteroatoms. The minimum absolute atomic E-state index is 0.0178. The summed E-state index contributed by atoms with van der Waals surface area (Å²) in [5.74, 6) is -2.22. The second kappa shape index (κ2) is 17.7. The molecular formula is C36H44N2O8. The van der Waals surface area contributed by atoms with Gasteiger partial charge in [0.15, 0.2) is 0 Å². The quantitative estimate of drug-likeness (QED) is 0.132. The molecule has 10 nitrogen and oxygen atoms in total. The fraction of sp³-hybridized carbons (Fsp3) is 0.361. The molecule has 0 saturated carbocycles. The number of fused-ring (bicyclic) bond motifs is 2. The minimum atomic E-state index is -0.966. The number of phenolic OH excluding ortho intramolecular Hbond substituents is 2. The number of aliphatic hydroxyl groups excluding tert-OH is 1. The summed E-state index contributed by atoms with van der Waals surface area (Å²) in [5.41, 5.74) is 1.56. The van der Waals surface area contributed by atoms with Gasteiger partial charge < -0.3 is 35.4 Å². The molecule has 0 radical (unpaired) electrons. The van der Waals surface area contributed by atoms with Crippen LogP contribution in [0.5, 0.6) is 11.5 Å². The summed E-state index contributed by atoms with van der Waals surface area (Å²) in [5, 5.41) is 37.6. The molecule has 4 unspecified atom stereocenters. The van der Waals surface area contributed by atoms with E-state index in [0.717, 1.165) is 0 Å². The molecule has 5 atom stereocenters. The molecular weight excluding hydrogens is 588 g/mol. The van der Waals surface area contributed by atoms with E-state index in [4.69, 9.17) is 9.47 Å². The lowest BCUT2D eigenvalue weighted by Gasteiger charge is -2.29. The number of allylic oxidation sites excluding steroid dienone is 5. The van der Waals surface area contributed by atoms with Crippen LogP contribution in [0.1, 0.15) is 56.0 Å². The van der Waals surface area contributed by atoms with Crippen LogP contribution < -0.4 is 10.6 Å². The highest BCUT2D eigenvalue weighted by molar-refractivity contribution is 5.96. The topological polar surface area (TPSA) is 154 Å². The third-order valence-corrected chi connectivity index (χ3v) is 7.74. The first-order chi connectivity index (χ1) is 22.0. The summed E-state index contributed by atoms with van der Waals surface area (Å²) in [6.07, 6.45) is 11.2. The van der Waals surface area contributed by atoms with Gasteiger partial charge in [0.25, 0.3) is 5.91 Å². The predicted molar refractivity (Wildman–Crippen MR) is 176 cm³/mol. The first kappa shape index (κ1) is 35.8. The summed E-state index contributed by atoms with van der Waals surface area (Å²) in [4.78, 5) is 38.4. The molecule has 2 aromatic carbocycles. The molecule has 3 rings (SSSR count). The molecule has 0 spiro atoms. The van der Waals surface area contributed by atoms with Gasteiger partial charge in [0.1, 0.15) is 23.6 Å². The third-order valence-electron chi connectivity index (χ3n) is 7.74. The van der Waals surface area contributed by atoms with Crippen molar-refractivity contribution < 1.29 is 39.2 Å². The summed E-state index contributed by atoms with van der Waals surface area (Å²) >= 11 is 0. The van der Waals surface area contributed by atoms with Crippen molar-refractivity contribution >= 4 is 23.5 Å². The highest BCUT2D eigenvalue weighted by Crippen LogP contribution is 2.34. The molecule has 0 saturated heterocycles. The van der Waals surface area contributed by atoms with E-state index in [-0.39, 0.29) is 23.6 Å². The van der Waals surface area contributed by atoms with Gasteiger partial charge in [-0.1, -0.05) is 67.7 Å². The maximum atomic E-state index is 13.1. The zero-order valence-electron chi connectivity index (χ0n) is 26.7. The van der Waals surface area contributed by atoms with E-state index in [0.29, 0.717) is 36.0 Å². The average Bonchev–Trinajstić information content (AvgIpc) is 3.04. The van der Waals surface area contributed by atoms with Crippen LogP contribution >= 0.6 is 0 Å². The lowest BCUT2D eigenvalue weighted by atomic mass is 9.90. The number of hydrogen-bond donors (Lipinski definition) is 5. The molecule has 5 N–H and O–H groups in total. The van der Waals surface area contributed by atoms with Gasteiger partial charge in [0, 0.05) is 31.1 Å². The Bertz CT molecular complexity index is 1460. The largest absolute Gasteiger partial charge is 0.508 e. The number of phenols is 2. The number of ether oxygens (including phenoxy) is 2. The number of aliphatic hydroxyl groups is 1. The second-order valence-corrected chi connectivity index (χ2v) is 11.3. The summed E-state index contributed by atoms with van der Waals surface area (Å²) in [7, 11) is 1.48. The van der Waals surface area contributed by atoms with Crippen molar-refractivity contribution in [3.63, 3.8) is 0 Å². The van der Waals surface area contributed by atoms with E-state index in [1.54, 1.807) is 81.5 Å². The van der Waals surface area contributed by atoms with Crippen LogP contribution in [-0.2, 0) is 25.5 Å². The number of esters is 1. The molecule has 1 aliphatic heterocycles. The van der Waals surface area contributed by atoms with Crippen molar-refractivity contribution in [2.45, 2.75) is 70.8 Å². The third kappa shape index (κ3) is 10.7. The van der Waals surface area contributed by atoms with Gasteiger partial charge >= 0.3 is 5.97 Å². The van der Waals surface area contributed by atoms with Gasteiger partial charge in [-0.15, -0.1) is 0 Å². The number of benzene rings is 2. The number of nitrogens with one attached hydrogen (secondary N) is 2. The highest BCUT2D eigenvalue weighted by atomic mass is 16.5. The Kier molecular flexibility index (Phi) is 13.8. The van der Waals surface area contributed by atoms with Crippen LogP contribution in [-0.4, -0.2) is 64.6 Å². The number of amides is 2. The first-order valence-corrected chi connectivity index (χ1v) is 15.3. The molecule has 246 valence electrons. The van der Waals surface area contributed by atoms with Gasteiger partial charge in [0.05, 0.1) is 24.3 Å². The molecule has 1 heterocycles. The number of aromatic hydroxyl groups is 2. The van der Waals surface area contributed by atoms with Gasteiger partial charge in [-0.2, -0.15) is 0 Å². The fourth-order valence-electron chi connectivity index (χ4n) is 4.93. The highest BCUT2D eigenvalue weighted by Gasteiger charge is 2.30. The molecule has 46 heavy (non-hydrogen) atoms. The van der Waals surface area contributed by atoms with Crippen molar-refractivity contribution in [3.05, 3.63) is 102 Å². The molecule has 2 aromatic rings. The van der Waals surface area contributed by atoms with Crippen molar-refractivity contribution in [1.82, 2.24) is 5.32 Å². The Morgan fingerprint density at radius 2 is 1.78 bits per heavy atom. The van der Waals surface area contributed by atoms with Gasteiger partial charge in [-0.05, 0) is 56.0 Å². The van der Waals surface area contributed by atoms with E-state index in [1.165, 1.54) is 19.2 Å². The van der Waals surface area contributed by atoms with E-state index >= 15 is 0 Å². The lowest BCUT2D eigenvalue weighted by molar-refractivity contribution is -0.155. The van der Waals surface area contributed by atoms with E-state index in [1.807, 2.05) is 12.2 Å². The van der Waals surface area contributed by atoms with Crippen molar-refractivity contribution in [2.24, 2.45) is 5.92 Å². The number of aryl methyl sites for hydroxylation is 1. The van der Waals surface area contributed by atoms with Crippen LogP contribution in [0.25, 0.3) is 0 Å². The summed E-state index contributed by atoms with van der Waals surface area (Å²) in [6.45, 7) is 5.10. The fourth-order valence-corrected chi connectivity index (χ4v) is 4.93. The number of carbonyl (C=O) groups excluding carboxylic acids is 3. The zero-order chi connectivity index (χ0) is 33.6. The molecule has 1 aliphatic rings. The van der Waals surface area contributed by atoms with Crippen molar-refractivity contribution in [3.8, 4) is 11.5 Å². The second-order valence-electron chi connectivity index (χ2n) is 11.3. The molecule has 2 bridgehead atoms. The lowest BCUT2D eigenvalue weighted by Crippen LogP contribution is -2.43. The van der Waals surface area contributed by atoms with Crippen molar-refractivity contribution in [2.75, 3.05) is 12.4 Å². The van der Waals surface area contributed by atoms with E-state index in [9.17, 15) is 29.7 Å². The monoisotopic (exact) mass is 632 g/mol. The van der Waals surface area contributed by atoms with Crippen LogP contribution in [0.2, 0.25) is 0 Å². The Morgan fingerprint density at radius 3 is 2.50 bits per heavy atom. The predicted octanol–water partition coefficient (Wildman–Crippen LogP) is 5.12. The maximum absolute atomic E-state index is 13.1. The Morgan fingerprint density at radius 1 is 1.07 bits per heavy atom. The van der Waals surface area contributed by atoms with Crippen LogP contribution in [0.4, 0.5) is 5.69 Å².